The van der Waals surface area contributed by atoms with Crippen molar-refractivity contribution >= 4 is 0 Å². The van der Waals surface area contributed by atoms with Gasteiger partial charge in [0.2, 0.25) is 0 Å². The maximum Gasteiger partial charge on any atom is -0.0320 e. The van der Waals surface area contributed by atoms with Crippen LogP contribution in [0.5, 0.6) is 0 Å². The van der Waals surface area contributed by atoms with Crippen LogP contribution in [0.15, 0.2) is 11.6 Å². The minimum absolute atomic E-state index is 1.30. The van der Waals surface area contributed by atoms with Gasteiger partial charge in [0.1, 0.15) is 0 Å². The van der Waals surface area contributed by atoms with E-state index >= 15 is 0 Å². The van der Waals surface area contributed by atoms with Crippen LogP contribution in [-0.4, -0.2) is 0 Å². The maximum absolute atomic E-state index is 2.50. The first-order valence-corrected chi connectivity index (χ1v) is 6.53. The van der Waals surface area contributed by atoms with Gasteiger partial charge in [-0.2, -0.15) is 0 Å². The third-order valence-electron chi connectivity index (χ3n) is 2.66. The molecule has 0 aliphatic heterocycles. The van der Waals surface area contributed by atoms with Crippen LogP contribution in [-0.2, 0) is 0 Å². The normalized spacial score (nSPS) is 12.1. The first kappa shape index (κ1) is 13.7. The molecule has 0 rings (SSSR count). The van der Waals surface area contributed by atoms with Crippen molar-refractivity contribution in [1.82, 2.24) is 0 Å². The molecular weight excluding hydrogens is 168 g/mol. The Bertz CT molecular complexity index is 133. The summed E-state index contributed by atoms with van der Waals surface area (Å²) in [5, 5.41) is 0. The van der Waals surface area contributed by atoms with Crippen LogP contribution in [0.2, 0.25) is 0 Å². The van der Waals surface area contributed by atoms with Crippen molar-refractivity contribution in [2.45, 2.75) is 78.6 Å². The number of hydrogen-bond donors (Lipinski definition) is 0. The molecule has 14 heavy (non-hydrogen) atoms. The monoisotopic (exact) mass is 196 g/mol. The van der Waals surface area contributed by atoms with Crippen LogP contribution in [0.3, 0.4) is 0 Å². The van der Waals surface area contributed by atoms with Gasteiger partial charge in [-0.15, -0.1) is 0 Å². The molecule has 0 aliphatic carbocycles. The highest BCUT2D eigenvalue weighted by Gasteiger charge is 1.95. The van der Waals surface area contributed by atoms with Gasteiger partial charge in [0, 0.05) is 0 Å². The molecule has 84 valence electrons. The predicted molar refractivity (Wildman–Crippen MR) is 66.7 cm³/mol. The zero-order valence-corrected chi connectivity index (χ0v) is 10.4. The second-order valence-corrected chi connectivity index (χ2v) is 4.21. The fourth-order valence-corrected chi connectivity index (χ4v) is 1.76. The number of hydrogen-bond acceptors (Lipinski definition) is 0. The van der Waals surface area contributed by atoms with E-state index in [-0.39, 0.29) is 0 Å². The molecule has 0 nitrogen and oxygen atoms in total. The molecule has 0 N–H and O–H groups in total. The van der Waals surface area contributed by atoms with Gasteiger partial charge >= 0.3 is 0 Å². The molecule has 0 aromatic heterocycles. The van der Waals surface area contributed by atoms with Gasteiger partial charge in [0.15, 0.2) is 0 Å². The quantitative estimate of drug-likeness (QED) is 0.338. The van der Waals surface area contributed by atoms with E-state index in [4.69, 9.17) is 0 Å². The average Bonchev–Trinajstić information content (AvgIpc) is 2.18. The molecule has 0 unspecified atom stereocenters. The van der Waals surface area contributed by atoms with Crippen molar-refractivity contribution in [3.05, 3.63) is 11.6 Å². The first-order chi connectivity index (χ1) is 6.85. The van der Waals surface area contributed by atoms with Gasteiger partial charge in [-0.1, -0.05) is 64.5 Å². The Kier molecular flexibility index (Phi) is 10.6. The van der Waals surface area contributed by atoms with E-state index < -0.39 is 0 Å². The van der Waals surface area contributed by atoms with E-state index in [1.165, 1.54) is 57.8 Å². The Hall–Kier alpha value is -0.260. The summed E-state index contributed by atoms with van der Waals surface area (Å²) in [7, 11) is 0. The van der Waals surface area contributed by atoms with E-state index in [1.54, 1.807) is 5.57 Å². The summed E-state index contributed by atoms with van der Waals surface area (Å²) in [6.45, 7) is 6.83. The largest absolute Gasteiger partial charge is 0.0853 e. The Morgan fingerprint density at radius 3 is 2.07 bits per heavy atom. The van der Waals surface area contributed by atoms with E-state index in [0.29, 0.717) is 0 Å². The smallest absolute Gasteiger partial charge is 0.0320 e. The van der Waals surface area contributed by atoms with Crippen LogP contribution in [0.1, 0.15) is 78.6 Å². The molecule has 0 saturated carbocycles. The van der Waals surface area contributed by atoms with E-state index in [1.807, 2.05) is 0 Å². The van der Waals surface area contributed by atoms with Crippen LogP contribution in [0.4, 0.5) is 0 Å². The summed E-state index contributed by atoms with van der Waals surface area (Å²) < 4.78 is 0. The van der Waals surface area contributed by atoms with Crippen molar-refractivity contribution in [2.75, 3.05) is 0 Å². The third-order valence-corrected chi connectivity index (χ3v) is 2.66. The molecule has 0 heteroatoms. The standard InChI is InChI=1S/C14H28/c1-4-7-9-12-14(11-6-3)13-10-8-5-2/h12H,4-11,13H2,1-3H3. The van der Waals surface area contributed by atoms with Crippen LogP contribution >= 0.6 is 0 Å². The molecule has 0 aliphatic rings. The summed E-state index contributed by atoms with van der Waals surface area (Å²) in [5.41, 5.74) is 1.72. The second kappa shape index (κ2) is 10.8. The van der Waals surface area contributed by atoms with Crippen molar-refractivity contribution in [3.63, 3.8) is 0 Å². The minimum Gasteiger partial charge on any atom is -0.0853 e. The van der Waals surface area contributed by atoms with E-state index in [0.717, 1.165) is 0 Å². The number of unbranched alkanes of at least 4 members (excludes halogenated alkanes) is 4. The molecule has 0 spiro atoms. The van der Waals surface area contributed by atoms with Crippen LogP contribution < -0.4 is 0 Å². The highest BCUT2D eigenvalue weighted by atomic mass is 14.0. The highest BCUT2D eigenvalue weighted by Crippen LogP contribution is 2.16. The zero-order chi connectivity index (χ0) is 10.6. The molecule has 0 heterocycles. The minimum atomic E-state index is 1.30. The zero-order valence-electron chi connectivity index (χ0n) is 10.4. The van der Waals surface area contributed by atoms with Crippen molar-refractivity contribution in [2.24, 2.45) is 0 Å². The molecule has 0 saturated heterocycles. The van der Waals surface area contributed by atoms with Gasteiger partial charge < -0.3 is 0 Å². The Balaban J connectivity index is 3.69. The Morgan fingerprint density at radius 1 is 0.786 bits per heavy atom. The van der Waals surface area contributed by atoms with E-state index in [2.05, 4.69) is 26.8 Å². The summed E-state index contributed by atoms with van der Waals surface area (Å²) in [4.78, 5) is 0. The van der Waals surface area contributed by atoms with Crippen molar-refractivity contribution in [1.29, 1.82) is 0 Å². The lowest BCUT2D eigenvalue weighted by molar-refractivity contribution is 0.685. The molecule has 0 aromatic rings. The third kappa shape index (κ3) is 8.34. The summed E-state index contributed by atoms with van der Waals surface area (Å²) in [6.07, 6.45) is 14.6. The number of rotatable bonds is 9. The summed E-state index contributed by atoms with van der Waals surface area (Å²) in [5.74, 6) is 0. The topological polar surface area (TPSA) is 0 Å². The van der Waals surface area contributed by atoms with Crippen LogP contribution in [0, 0.1) is 0 Å². The summed E-state index contributed by atoms with van der Waals surface area (Å²) >= 11 is 0. The van der Waals surface area contributed by atoms with Crippen molar-refractivity contribution in [3.8, 4) is 0 Å². The van der Waals surface area contributed by atoms with Gasteiger partial charge in [0.25, 0.3) is 0 Å². The Morgan fingerprint density at radius 2 is 1.50 bits per heavy atom. The van der Waals surface area contributed by atoms with Crippen molar-refractivity contribution < 1.29 is 0 Å². The molecular formula is C14H28. The van der Waals surface area contributed by atoms with Gasteiger partial charge in [-0.25, -0.2) is 0 Å². The molecule has 0 aromatic carbocycles. The van der Waals surface area contributed by atoms with Crippen LogP contribution in [0.25, 0.3) is 0 Å². The van der Waals surface area contributed by atoms with Gasteiger partial charge in [-0.05, 0) is 25.7 Å². The average molecular weight is 196 g/mol. The fraction of sp³-hybridized carbons (Fsp3) is 0.857. The molecule has 0 fully saturated rings. The first-order valence-electron chi connectivity index (χ1n) is 6.53. The lowest BCUT2D eigenvalue weighted by Gasteiger charge is -2.05. The Labute approximate surface area is 90.8 Å². The lowest BCUT2D eigenvalue weighted by atomic mass is 10.0. The number of allylic oxidation sites excluding steroid dienone is 2. The second-order valence-electron chi connectivity index (χ2n) is 4.21. The maximum atomic E-state index is 2.50. The molecule has 0 atom stereocenters. The molecule has 0 bridgehead atoms. The highest BCUT2D eigenvalue weighted by molar-refractivity contribution is 5.01. The predicted octanol–water partition coefficient (Wildman–Crippen LogP) is 5.48. The fourth-order valence-electron chi connectivity index (χ4n) is 1.76. The van der Waals surface area contributed by atoms with Gasteiger partial charge in [0.05, 0.1) is 0 Å². The molecule has 0 radical (unpaired) electrons. The lowest BCUT2D eigenvalue weighted by Crippen LogP contribution is -1.85. The summed E-state index contributed by atoms with van der Waals surface area (Å²) in [6, 6.07) is 0. The SMILES string of the molecule is CCCCC=C(CCC)CCCCC. The van der Waals surface area contributed by atoms with Gasteiger partial charge in [-0.3, -0.25) is 0 Å². The molecule has 0 amide bonds. The van der Waals surface area contributed by atoms with E-state index in [9.17, 15) is 0 Å².